The first-order chi connectivity index (χ1) is 11.2. The first kappa shape index (κ1) is 14.3. The Labute approximate surface area is 138 Å². The van der Waals surface area contributed by atoms with Crippen LogP contribution < -0.4 is 5.32 Å². The molecule has 0 saturated carbocycles. The zero-order chi connectivity index (χ0) is 15.8. The molecule has 2 aliphatic rings. The quantitative estimate of drug-likeness (QED) is 0.809. The second kappa shape index (κ2) is 5.71. The Morgan fingerprint density at radius 1 is 1.04 bits per heavy atom. The minimum absolute atomic E-state index is 1.03. The van der Waals surface area contributed by atoms with Crippen LogP contribution in [0.25, 0.3) is 11.6 Å². The minimum Gasteiger partial charge on any atom is -0.355 e. The van der Waals surface area contributed by atoms with Crippen molar-refractivity contribution < 1.29 is 0 Å². The summed E-state index contributed by atoms with van der Waals surface area (Å²) in [5, 5.41) is 3.62. The highest BCUT2D eigenvalue weighted by molar-refractivity contribution is 6.00. The number of aryl methyl sites for hydroxylation is 1. The summed E-state index contributed by atoms with van der Waals surface area (Å²) < 4.78 is 0. The number of rotatable bonds is 1. The third-order valence-electron chi connectivity index (χ3n) is 4.75. The van der Waals surface area contributed by atoms with Gasteiger partial charge < -0.3 is 10.2 Å². The molecule has 2 aromatic rings. The van der Waals surface area contributed by atoms with E-state index in [-0.39, 0.29) is 0 Å². The van der Waals surface area contributed by atoms with Gasteiger partial charge in [0.25, 0.3) is 0 Å². The molecule has 0 bridgehead atoms. The van der Waals surface area contributed by atoms with E-state index in [1.165, 1.54) is 39.2 Å². The number of hydrogen-bond acceptors (Lipinski definition) is 2. The van der Waals surface area contributed by atoms with E-state index < -0.39 is 0 Å². The SMILES string of the molecule is Cc1ccc2c(c1)C=C(C1=CCN(C)CC1)c1ccccc1N2. The molecule has 0 amide bonds. The number of nitrogens with zero attached hydrogens (tertiary/aromatic N) is 1. The lowest BCUT2D eigenvalue weighted by Crippen LogP contribution is -2.24. The molecule has 0 unspecified atom stereocenters. The average molecular weight is 302 g/mol. The number of likely N-dealkylation sites (N-methyl/N-ethyl adjacent to an activating group) is 1. The molecule has 2 heterocycles. The van der Waals surface area contributed by atoms with E-state index >= 15 is 0 Å². The lowest BCUT2D eigenvalue weighted by atomic mass is 9.91. The third-order valence-corrected chi connectivity index (χ3v) is 4.75. The van der Waals surface area contributed by atoms with Crippen LogP contribution >= 0.6 is 0 Å². The number of anilines is 2. The summed E-state index contributed by atoms with van der Waals surface area (Å²) in [4.78, 5) is 2.36. The van der Waals surface area contributed by atoms with Crippen LogP contribution in [0.15, 0.2) is 54.1 Å². The lowest BCUT2D eigenvalue weighted by Gasteiger charge is -2.24. The topological polar surface area (TPSA) is 15.3 Å². The average Bonchev–Trinajstić information content (AvgIpc) is 2.72. The van der Waals surface area contributed by atoms with Crippen molar-refractivity contribution >= 4 is 23.0 Å². The zero-order valence-corrected chi connectivity index (χ0v) is 13.8. The van der Waals surface area contributed by atoms with Gasteiger partial charge >= 0.3 is 0 Å². The number of nitrogens with one attached hydrogen (secondary N) is 1. The summed E-state index contributed by atoms with van der Waals surface area (Å²) in [6.07, 6.45) is 5.85. The van der Waals surface area contributed by atoms with Crippen molar-refractivity contribution in [1.82, 2.24) is 4.90 Å². The lowest BCUT2D eigenvalue weighted by molar-refractivity contribution is 0.362. The fraction of sp³-hybridized carbons (Fsp3) is 0.238. The van der Waals surface area contributed by atoms with Gasteiger partial charge in [0.15, 0.2) is 0 Å². The van der Waals surface area contributed by atoms with Crippen LogP contribution in [-0.4, -0.2) is 25.0 Å². The van der Waals surface area contributed by atoms with E-state index in [4.69, 9.17) is 0 Å². The maximum Gasteiger partial charge on any atom is 0.0464 e. The van der Waals surface area contributed by atoms with Crippen LogP contribution in [0, 0.1) is 6.92 Å². The van der Waals surface area contributed by atoms with Crippen molar-refractivity contribution in [2.75, 3.05) is 25.5 Å². The molecule has 0 fully saturated rings. The molecular weight excluding hydrogens is 280 g/mol. The molecule has 0 aliphatic carbocycles. The van der Waals surface area contributed by atoms with Gasteiger partial charge in [0.2, 0.25) is 0 Å². The summed E-state index contributed by atoms with van der Waals surface area (Å²) in [7, 11) is 2.18. The summed E-state index contributed by atoms with van der Waals surface area (Å²) in [5.41, 5.74) is 9.09. The Morgan fingerprint density at radius 2 is 1.91 bits per heavy atom. The second-order valence-electron chi connectivity index (χ2n) is 6.56. The van der Waals surface area contributed by atoms with Crippen molar-refractivity contribution in [2.24, 2.45) is 0 Å². The highest BCUT2D eigenvalue weighted by Gasteiger charge is 2.19. The molecule has 0 spiro atoms. The smallest absolute Gasteiger partial charge is 0.0464 e. The van der Waals surface area contributed by atoms with Crippen LogP contribution in [-0.2, 0) is 0 Å². The zero-order valence-electron chi connectivity index (χ0n) is 13.8. The van der Waals surface area contributed by atoms with Gasteiger partial charge in [0.05, 0.1) is 0 Å². The van der Waals surface area contributed by atoms with Gasteiger partial charge in [-0.05, 0) is 61.4 Å². The van der Waals surface area contributed by atoms with Gasteiger partial charge in [-0.25, -0.2) is 0 Å². The van der Waals surface area contributed by atoms with Crippen molar-refractivity contribution in [2.45, 2.75) is 13.3 Å². The van der Waals surface area contributed by atoms with Crippen LogP contribution in [0.2, 0.25) is 0 Å². The molecule has 4 rings (SSSR count). The fourth-order valence-corrected chi connectivity index (χ4v) is 3.40. The molecule has 2 heteroatoms. The summed E-state index contributed by atoms with van der Waals surface area (Å²) in [6, 6.07) is 15.3. The van der Waals surface area contributed by atoms with Gasteiger partial charge in [-0.2, -0.15) is 0 Å². The third kappa shape index (κ3) is 2.71. The highest BCUT2D eigenvalue weighted by Crippen LogP contribution is 2.39. The highest BCUT2D eigenvalue weighted by atomic mass is 15.1. The predicted molar refractivity (Wildman–Crippen MR) is 99.0 cm³/mol. The van der Waals surface area contributed by atoms with E-state index in [1.54, 1.807) is 0 Å². The van der Waals surface area contributed by atoms with Crippen LogP contribution in [0.3, 0.4) is 0 Å². The van der Waals surface area contributed by atoms with Crippen molar-refractivity contribution in [1.29, 1.82) is 0 Å². The number of allylic oxidation sites excluding steroid dienone is 1. The predicted octanol–water partition coefficient (Wildman–Crippen LogP) is 4.85. The van der Waals surface area contributed by atoms with Crippen molar-refractivity contribution in [3.63, 3.8) is 0 Å². The molecule has 0 atom stereocenters. The number of para-hydroxylation sites is 1. The number of fused-ring (bicyclic) bond motifs is 2. The van der Waals surface area contributed by atoms with Crippen LogP contribution in [0.4, 0.5) is 11.4 Å². The second-order valence-corrected chi connectivity index (χ2v) is 6.56. The number of hydrogen-bond donors (Lipinski definition) is 1. The number of benzene rings is 2. The maximum absolute atomic E-state index is 3.62. The Morgan fingerprint density at radius 3 is 2.74 bits per heavy atom. The minimum atomic E-state index is 1.03. The van der Waals surface area contributed by atoms with E-state index in [0.717, 1.165) is 19.5 Å². The van der Waals surface area contributed by atoms with E-state index in [0.29, 0.717) is 0 Å². The van der Waals surface area contributed by atoms with Crippen molar-refractivity contribution in [3.05, 3.63) is 70.8 Å². The largest absolute Gasteiger partial charge is 0.355 e. The summed E-state index contributed by atoms with van der Waals surface area (Å²) in [5.74, 6) is 0. The van der Waals surface area contributed by atoms with E-state index in [2.05, 4.69) is 78.8 Å². The van der Waals surface area contributed by atoms with E-state index in [9.17, 15) is 0 Å². The molecule has 2 aliphatic heterocycles. The Hall–Kier alpha value is -2.32. The van der Waals surface area contributed by atoms with Gasteiger partial charge in [-0.15, -0.1) is 0 Å². The molecule has 2 nitrogen and oxygen atoms in total. The first-order valence-corrected chi connectivity index (χ1v) is 8.27. The first-order valence-electron chi connectivity index (χ1n) is 8.27. The monoisotopic (exact) mass is 302 g/mol. The van der Waals surface area contributed by atoms with Gasteiger partial charge in [-0.1, -0.05) is 35.9 Å². The Bertz CT molecular complexity index is 814. The fourth-order valence-electron chi connectivity index (χ4n) is 3.40. The van der Waals surface area contributed by atoms with Crippen LogP contribution in [0.1, 0.15) is 23.1 Å². The van der Waals surface area contributed by atoms with Gasteiger partial charge in [0.1, 0.15) is 0 Å². The molecular formula is C21H22N2. The van der Waals surface area contributed by atoms with Crippen LogP contribution in [0.5, 0.6) is 0 Å². The van der Waals surface area contributed by atoms with Crippen molar-refractivity contribution in [3.8, 4) is 0 Å². The molecule has 23 heavy (non-hydrogen) atoms. The van der Waals surface area contributed by atoms with Gasteiger partial charge in [-0.3, -0.25) is 0 Å². The van der Waals surface area contributed by atoms with E-state index in [1.807, 2.05) is 0 Å². The molecule has 0 saturated heterocycles. The Balaban J connectivity index is 1.90. The maximum atomic E-state index is 3.62. The standard InChI is InChI=1S/C21H22N2/c1-15-7-8-20-17(13-15)14-19(16-9-11-23(2)12-10-16)18-5-3-4-6-21(18)22-20/h3-9,13-14,22H,10-12H2,1-2H3. The van der Waals surface area contributed by atoms with Gasteiger partial charge in [0, 0.05) is 30.0 Å². The molecule has 1 N–H and O–H groups in total. The normalized spacial score (nSPS) is 17.3. The molecule has 116 valence electrons. The molecule has 0 radical (unpaired) electrons. The summed E-state index contributed by atoms with van der Waals surface area (Å²) in [6.45, 7) is 4.31. The molecule has 0 aromatic heterocycles. The summed E-state index contributed by atoms with van der Waals surface area (Å²) >= 11 is 0. The molecule has 2 aromatic carbocycles. The Kier molecular flexibility index (Phi) is 3.55.